The maximum Gasteiger partial charge on any atom is 0.270 e. The van der Waals surface area contributed by atoms with Gasteiger partial charge >= 0.3 is 0 Å². The molecule has 37 heavy (non-hydrogen) atoms. The zero-order valence-electron chi connectivity index (χ0n) is 20.8. The fraction of sp³-hybridized carbons (Fsp3) is 0.333. The quantitative estimate of drug-likeness (QED) is 0.386. The van der Waals surface area contributed by atoms with E-state index < -0.39 is 5.41 Å². The van der Waals surface area contributed by atoms with Gasteiger partial charge in [-0.2, -0.15) is 5.26 Å². The number of nitriles is 1. The molecule has 3 aromatic heterocycles. The van der Waals surface area contributed by atoms with Gasteiger partial charge in [0.05, 0.1) is 35.7 Å². The predicted molar refractivity (Wildman–Crippen MR) is 138 cm³/mol. The van der Waals surface area contributed by atoms with Crippen LogP contribution in [0.25, 0.3) is 34.3 Å². The Labute approximate surface area is 215 Å². The second-order valence-electron chi connectivity index (χ2n) is 9.56. The lowest BCUT2D eigenvalue weighted by Gasteiger charge is -2.23. The van der Waals surface area contributed by atoms with Crippen molar-refractivity contribution in [3.63, 3.8) is 0 Å². The number of rotatable bonds is 7. The molecule has 0 aliphatic carbocycles. The van der Waals surface area contributed by atoms with Crippen molar-refractivity contribution in [3.8, 4) is 40.4 Å². The van der Waals surface area contributed by atoms with Crippen molar-refractivity contribution in [1.29, 1.82) is 5.26 Å². The van der Waals surface area contributed by atoms with Gasteiger partial charge in [-0.3, -0.25) is 4.98 Å². The van der Waals surface area contributed by atoms with E-state index in [1.807, 2.05) is 44.2 Å². The Kier molecular flexibility index (Phi) is 6.90. The summed E-state index contributed by atoms with van der Waals surface area (Å²) in [5, 5.41) is 21.4. The third kappa shape index (κ3) is 5.48. The van der Waals surface area contributed by atoms with Crippen LogP contribution >= 0.6 is 0 Å². The highest BCUT2D eigenvalue weighted by Gasteiger charge is 2.23. The monoisotopic (exact) mass is 496 g/mol. The number of ether oxygens (including phenoxy) is 1. The van der Waals surface area contributed by atoms with Crippen molar-refractivity contribution in [1.82, 2.24) is 30.5 Å². The Bertz CT molecular complexity index is 1420. The number of anilines is 1. The standard InChI is InChI=1S/C27H28N8O2/c1-27(2,16-28)22-12-19(9-10-30-22)21-14-32-24(29)23(33-21)26-35-34-25(37-26)18-7-5-17(6-8-18)13-31-20-4-3-11-36-15-20/h5-10,12,14,20,31H,3-4,11,13,15H2,1-2H3,(H2,29,32). The zero-order valence-corrected chi connectivity index (χ0v) is 20.8. The number of hydrogen-bond donors (Lipinski definition) is 2. The lowest BCUT2D eigenvalue weighted by molar-refractivity contribution is 0.0699. The normalized spacial score (nSPS) is 15.9. The first-order valence-electron chi connectivity index (χ1n) is 12.2. The van der Waals surface area contributed by atoms with Crippen molar-refractivity contribution in [3.05, 3.63) is 60.0 Å². The van der Waals surface area contributed by atoms with Gasteiger partial charge in [0, 0.05) is 36.5 Å². The average molecular weight is 497 g/mol. The highest BCUT2D eigenvalue weighted by atomic mass is 16.5. The molecule has 0 radical (unpaired) electrons. The van der Waals surface area contributed by atoms with Crippen molar-refractivity contribution in [2.75, 3.05) is 18.9 Å². The van der Waals surface area contributed by atoms with E-state index in [4.69, 9.17) is 14.9 Å². The summed E-state index contributed by atoms with van der Waals surface area (Å²) in [6.45, 7) is 6.01. The molecule has 4 heterocycles. The van der Waals surface area contributed by atoms with E-state index in [-0.39, 0.29) is 11.7 Å². The molecule has 4 aromatic rings. The van der Waals surface area contributed by atoms with Gasteiger partial charge in [0.2, 0.25) is 5.89 Å². The topological polar surface area (TPSA) is 149 Å². The Balaban J connectivity index is 1.34. The van der Waals surface area contributed by atoms with Crippen molar-refractivity contribution < 1.29 is 9.15 Å². The molecule has 0 amide bonds. The molecule has 1 aromatic carbocycles. The van der Waals surface area contributed by atoms with E-state index in [2.05, 4.69) is 36.5 Å². The number of benzene rings is 1. The highest BCUT2D eigenvalue weighted by molar-refractivity contribution is 5.69. The second kappa shape index (κ2) is 10.4. The smallest absolute Gasteiger partial charge is 0.270 e. The van der Waals surface area contributed by atoms with E-state index in [1.165, 1.54) is 0 Å². The van der Waals surface area contributed by atoms with E-state index in [0.717, 1.165) is 49.3 Å². The lowest BCUT2D eigenvalue weighted by atomic mass is 9.90. The van der Waals surface area contributed by atoms with Gasteiger partial charge in [0.1, 0.15) is 0 Å². The molecule has 1 unspecified atom stereocenters. The maximum atomic E-state index is 9.46. The number of aromatic nitrogens is 5. The largest absolute Gasteiger partial charge is 0.414 e. The van der Waals surface area contributed by atoms with Gasteiger partial charge in [-0.15, -0.1) is 10.2 Å². The summed E-state index contributed by atoms with van der Waals surface area (Å²) in [6.07, 6.45) is 5.45. The minimum Gasteiger partial charge on any atom is -0.414 e. The number of hydrogen-bond acceptors (Lipinski definition) is 10. The highest BCUT2D eigenvalue weighted by Crippen LogP contribution is 2.29. The molecule has 10 nitrogen and oxygen atoms in total. The van der Waals surface area contributed by atoms with Crippen LogP contribution in [0.5, 0.6) is 0 Å². The van der Waals surface area contributed by atoms with E-state index in [0.29, 0.717) is 29.0 Å². The molecule has 3 N–H and O–H groups in total. The van der Waals surface area contributed by atoms with Crippen molar-refractivity contribution in [2.24, 2.45) is 0 Å². The van der Waals surface area contributed by atoms with Crippen LogP contribution in [0.2, 0.25) is 0 Å². The van der Waals surface area contributed by atoms with E-state index in [1.54, 1.807) is 18.5 Å². The van der Waals surface area contributed by atoms with Gasteiger partial charge in [-0.1, -0.05) is 12.1 Å². The molecular weight excluding hydrogens is 468 g/mol. The number of nitrogens with two attached hydrogens (primary N) is 1. The van der Waals surface area contributed by atoms with Gasteiger partial charge in [-0.05, 0) is 56.5 Å². The van der Waals surface area contributed by atoms with Crippen LogP contribution in [0.3, 0.4) is 0 Å². The predicted octanol–water partition coefficient (Wildman–Crippen LogP) is 3.91. The van der Waals surface area contributed by atoms with E-state index >= 15 is 0 Å². The summed E-state index contributed by atoms with van der Waals surface area (Å²) in [4.78, 5) is 13.3. The first-order valence-corrected chi connectivity index (χ1v) is 12.2. The fourth-order valence-electron chi connectivity index (χ4n) is 4.05. The van der Waals surface area contributed by atoms with Crippen molar-refractivity contribution >= 4 is 5.82 Å². The maximum absolute atomic E-state index is 9.46. The summed E-state index contributed by atoms with van der Waals surface area (Å²) < 4.78 is 11.5. The van der Waals surface area contributed by atoms with Gasteiger partial charge < -0.3 is 20.2 Å². The summed E-state index contributed by atoms with van der Waals surface area (Å²) in [7, 11) is 0. The molecule has 1 aliphatic rings. The molecule has 0 saturated carbocycles. The van der Waals surface area contributed by atoms with Crippen LogP contribution in [0.1, 0.15) is 37.9 Å². The van der Waals surface area contributed by atoms with Crippen LogP contribution in [-0.4, -0.2) is 44.4 Å². The van der Waals surface area contributed by atoms with Gasteiger partial charge in [-0.25, -0.2) is 9.97 Å². The molecule has 1 saturated heterocycles. The molecule has 188 valence electrons. The van der Waals surface area contributed by atoms with Crippen LogP contribution < -0.4 is 11.1 Å². The molecule has 5 rings (SSSR count). The van der Waals surface area contributed by atoms with Crippen LogP contribution in [-0.2, 0) is 16.7 Å². The summed E-state index contributed by atoms with van der Waals surface area (Å²) in [5.41, 5.74) is 9.57. The summed E-state index contributed by atoms with van der Waals surface area (Å²) in [5.74, 6) is 0.721. The number of nitrogens with zero attached hydrogens (tertiary/aromatic N) is 6. The van der Waals surface area contributed by atoms with Crippen LogP contribution in [0, 0.1) is 11.3 Å². The zero-order chi connectivity index (χ0) is 25.8. The van der Waals surface area contributed by atoms with Gasteiger partial charge in [0.25, 0.3) is 5.89 Å². The number of nitrogen functional groups attached to an aromatic ring is 1. The van der Waals surface area contributed by atoms with Crippen LogP contribution in [0.4, 0.5) is 5.82 Å². The minimum atomic E-state index is -0.739. The first kappa shape index (κ1) is 24.5. The molecule has 1 aliphatic heterocycles. The van der Waals surface area contributed by atoms with Crippen molar-refractivity contribution in [2.45, 2.75) is 44.7 Å². The van der Waals surface area contributed by atoms with E-state index in [9.17, 15) is 5.26 Å². The average Bonchev–Trinajstić information content (AvgIpc) is 3.43. The summed E-state index contributed by atoms with van der Waals surface area (Å²) >= 11 is 0. The molecule has 1 atom stereocenters. The molecule has 0 spiro atoms. The Hall–Kier alpha value is -4.20. The SMILES string of the molecule is CC(C)(C#N)c1cc(-c2cnc(N)c(-c3nnc(-c4ccc(CNC5CCCOC5)cc4)o3)n2)ccn1. The van der Waals surface area contributed by atoms with Gasteiger partial charge in [0.15, 0.2) is 11.5 Å². The summed E-state index contributed by atoms with van der Waals surface area (Å²) in [6, 6.07) is 14.3. The number of pyridine rings is 1. The number of nitrogens with one attached hydrogen (secondary N) is 1. The Morgan fingerprint density at radius 3 is 2.68 bits per heavy atom. The third-order valence-corrected chi connectivity index (χ3v) is 6.36. The second-order valence-corrected chi connectivity index (χ2v) is 9.56. The molecule has 1 fully saturated rings. The third-order valence-electron chi connectivity index (χ3n) is 6.36. The molecule has 0 bridgehead atoms. The van der Waals surface area contributed by atoms with Crippen LogP contribution in [0.15, 0.2) is 53.2 Å². The lowest BCUT2D eigenvalue weighted by Crippen LogP contribution is -2.36. The Morgan fingerprint density at radius 1 is 1.11 bits per heavy atom. The minimum absolute atomic E-state index is 0.177. The molecule has 10 heteroatoms. The fourth-order valence-corrected chi connectivity index (χ4v) is 4.05. The molecular formula is C27H28N8O2. The Morgan fingerprint density at radius 2 is 1.92 bits per heavy atom. The first-order chi connectivity index (χ1) is 17.9.